The van der Waals surface area contributed by atoms with Crippen LogP contribution in [-0.4, -0.2) is 33.1 Å². The summed E-state index contributed by atoms with van der Waals surface area (Å²) in [6, 6.07) is 0. The van der Waals surface area contributed by atoms with Crippen molar-refractivity contribution in [3.05, 3.63) is 0 Å². The van der Waals surface area contributed by atoms with Gasteiger partial charge >= 0.3 is 0 Å². The van der Waals surface area contributed by atoms with Gasteiger partial charge in [-0.3, -0.25) is 0 Å². The summed E-state index contributed by atoms with van der Waals surface area (Å²) in [5.41, 5.74) is -0.0208. The topological polar surface area (TPSA) is 43.4 Å². The second-order valence-corrected chi connectivity index (χ2v) is 6.87. The van der Waals surface area contributed by atoms with E-state index in [9.17, 15) is 8.42 Å². The third-order valence-electron chi connectivity index (χ3n) is 3.31. The molecule has 2 fully saturated rings. The largest absolute Gasteiger partial charge is 0.380 e. The first-order valence-electron chi connectivity index (χ1n) is 4.73. The molecule has 0 aromatic rings. The molecule has 0 aliphatic carbocycles. The van der Waals surface area contributed by atoms with Gasteiger partial charge in [-0.2, -0.15) is 0 Å². The highest BCUT2D eigenvalue weighted by Gasteiger charge is 2.55. The average molecular weight is 204 g/mol. The first kappa shape index (κ1) is 9.46. The minimum atomic E-state index is -2.79. The Kier molecular flexibility index (Phi) is 1.97. The van der Waals surface area contributed by atoms with Gasteiger partial charge in [-0.1, -0.05) is 13.8 Å². The van der Waals surface area contributed by atoms with E-state index in [0.717, 1.165) is 0 Å². The molecular weight excluding hydrogens is 188 g/mol. The second-order valence-electron chi connectivity index (χ2n) is 4.76. The number of sulfone groups is 1. The maximum Gasteiger partial charge on any atom is 0.151 e. The molecule has 0 aromatic carbocycles. The van der Waals surface area contributed by atoms with Crippen molar-refractivity contribution in [1.29, 1.82) is 0 Å². The number of hydrogen-bond acceptors (Lipinski definition) is 3. The Morgan fingerprint density at radius 2 is 2.00 bits per heavy atom. The maximum atomic E-state index is 11.5. The van der Waals surface area contributed by atoms with Gasteiger partial charge in [0.25, 0.3) is 0 Å². The molecule has 2 heterocycles. The zero-order valence-electron chi connectivity index (χ0n) is 8.12. The Morgan fingerprint density at radius 1 is 1.38 bits per heavy atom. The Balaban J connectivity index is 2.27. The van der Waals surface area contributed by atoms with Crippen LogP contribution in [0.1, 0.15) is 13.8 Å². The molecule has 13 heavy (non-hydrogen) atoms. The summed E-state index contributed by atoms with van der Waals surface area (Å²) in [4.78, 5) is 0. The van der Waals surface area contributed by atoms with E-state index in [1.165, 1.54) is 0 Å². The lowest BCUT2D eigenvalue weighted by Crippen LogP contribution is -2.49. The lowest BCUT2D eigenvalue weighted by molar-refractivity contribution is -0.130. The smallest absolute Gasteiger partial charge is 0.151 e. The molecule has 3 nitrogen and oxygen atoms in total. The van der Waals surface area contributed by atoms with Crippen LogP contribution >= 0.6 is 0 Å². The van der Waals surface area contributed by atoms with Crippen molar-refractivity contribution >= 4 is 9.84 Å². The first-order chi connectivity index (χ1) is 5.95. The molecule has 2 aliphatic rings. The number of rotatable bonds is 1. The molecule has 0 saturated carbocycles. The molecule has 0 N–H and O–H groups in total. The van der Waals surface area contributed by atoms with Gasteiger partial charge in [0.15, 0.2) is 9.84 Å². The second kappa shape index (κ2) is 2.70. The van der Waals surface area contributed by atoms with Crippen LogP contribution in [0.15, 0.2) is 0 Å². The highest BCUT2D eigenvalue weighted by atomic mass is 32.2. The van der Waals surface area contributed by atoms with Crippen molar-refractivity contribution in [1.82, 2.24) is 0 Å². The fourth-order valence-electron chi connectivity index (χ4n) is 2.62. The van der Waals surface area contributed by atoms with Crippen LogP contribution in [0.3, 0.4) is 0 Å². The molecule has 1 atom stereocenters. The lowest BCUT2D eigenvalue weighted by Gasteiger charge is -2.43. The minimum Gasteiger partial charge on any atom is -0.380 e. The fourth-order valence-corrected chi connectivity index (χ4v) is 5.28. The molecule has 0 bridgehead atoms. The molecule has 2 aliphatic heterocycles. The average Bonchev–Trinajstić information content (AvgIpc) is 2.20. The van der Waals surface area contributed by atoms with E-state index in [2.05, 4.69) is 13.8 Å². The standard InChI is InChI=1S/C9H16O3S/c1-7(2)8-3-13(10,11)6-9(8)4-12-5-9/h7-8H,3-6H2,1-2H3/t8-/m1/s1. The van der Waals surface area contributed by atoms with Gasteiger partial charge in [-0.15, -0.1) is 0 Å². The molecule has 0 aromatic heterocycles. The van der Waals surface area contributed by atoms with Crippen LogP contribution in [0.2, 0.25) is 0 Å². The van der Waals surface area contributed by atoms with Crippen molar-refractivity contribution in [2.75, 3.05) is 24.7 Å². The molecule has 2 saturated heterocycles. The first-order valence-corrected chi connectivity index (χ1v) is 6.56. The van der Waals surface area contributed by atoms with Crippen LogP contribution in [0.4, 0.5) is 0 Å². The third-order valence-corrected chi connectivity index (χ3v) is 5.19. The molecule has 0 amide bonds. The Labute approximate surface area is 79.4 Å². The fraction of sp³-hybridized carbons (Fsp3) is 1.00. The quantitative estimate of drug-likeness (QED) is 0.631. The van der Waals surface area contributed by atoms with E-state index < -0.39 is 9.84 Å². The van der Waals surface area contributed by atoms with E-state index in [1.807, 2.05) is 0 Å². The summed E-state index contributed by atoms with van der Waals surface area (Å²) in [6.45, 7) is 5.50. The number of hydrogen-bond donors (Lipinski definition) is 0. The molecule has 0 radical (unpaired) electrons. The van der Waals surface area contributed by atoms with Crippen molar-refractivity contribution in [3.63, 3.8) is 0 Å². The van der Waals surface area contributed by atoms with Gasteiger partial charge in [-0.25, -0.2) is 8.42 Å². The number of ether oxygens (including phenoxy) is 1. The van der Waals surface area contributed by atoms with Gasteiger partial charge in [0.1, 0.15) is 0 Å². The summed E-state index contributed by atoms with van der Waals surface area (Å²) < 4.78 is 28.2. The lowest BCUT2D eigenvalue weighted by atomic mass is 9.71. The van der Waals surface area contributed by atoms with E-state index in [1.54, 1.807) is 0 Å². The molecule has 76 valence electrons. The Bertz CT molecular complexity index is 301. The molecule has 2 rings (SSSR count). The highest BCUT2D eigenvalue weighted by Crippen LogP contribution is 2.46. The zero-order valence-corrected chi connectivity index (χ0v) is 8.93. The minimum absolute atomic E-state index is 0.0208. The van der Waals surface area contributed by atoms with Gasteiger partial charge in [-0.05, 0) is 11.8 Å². The van der Waals surface area contributed by atoms with Crippen LogP contribution in [0.5, 0.6) is 0 Å². The van der Waals surface area contributed by atoms with Gasteiger partial charge in [0, 0.05) is 5.41 Å². The van der Waals surface area contributed by atoms with Gasteiger partial charge < -0.3 is 4.74 Å². The van der Waals surface area contributed by atoms with Gasteiger partial charge in [0.2, 0.25) is 0 Å². The molecular formula is C9H16O3S. The summed E-state index contributed by atoms with van der Waals surface area (Å²) in [7, 11) is -2.79. The summed E-state index contributed by atoms with van der Waals surface area (Å²) in [5.74, 6) is 1.48. The summed E-state index contributed by atoms with van der Waals surface area (Å²) in [5, 5.41) is 0. The van der Waals surface area contributed by atoms with Crippen molar-refractivity contribution in [2.45, 2.75) is 13.8 Å². The summed E-state index contributed by atoms with van der Waals surface area (Å²) in [6.07, 6.45) is 0. The van der Waals surface area contributed by atoms with Crippen LogP contribution in [0, 0.1) is 17.3 Å². The molecule has 4 heteroatoms. The highest BCUT2D eigenvalue weighted by molar-refractivity contribution is 7.91. The molecule has 0 unspecified atom stereocenters. The van der Waals surface area contributed by atoms with Crippen LogP contribution < -0.4 is 0 Å². The van der Waals surface area contributed by atoms with Crippen LogP contribution in [-0.2, 0) is 14.6 Å². The van der Waals surface area contributed by atoms with Gasteiger partial charge in [0.05, 0.1) is 24.7 Å². The van der Waals surface area contributed by atoms with E-state index in [4.69, 9.17) is 4.74 Å². The Morgan fingerprint density at radius 3 is 2.31 bits per heavy atom. The third kappa shape index (κ3) is 1.40. The Hall–Kier alpha value is -0.0900. The normalized spacial score (nSPS) is 35.2. The monoisotopic (exact) mass is 204 g/mol. The van der Waals surface area contributed by atoms with Crippen molar-refractivity contribution < 1.29 is 13.2 Å². The summed E-state index contributed by atoms with van der Waals surface area (Å²) >= 11 is 0. The SMILES string of the molecule is CC(C)[C@H]1CS(=O)(=O)CC12COC2. The molecule has 1 spiro atoms. The predicted octanol–water partition coefficient (Wildman–Crippen LogP) is 0.704. The van der Waals surface area contributed by atoms with Crippen molar-refractivity contribution in [3.8, 4) is 0 Å². The van der Waals surface area contributed by atoms with E-state index in [-0.39, 0.29) is 5.41 Å². The van der Waals surface area contributed by atoms with Crippen LogP contribution in [0.25, 0.3) is 0 Å². The van der Waals surface area contributed by atoms with E-state index in [0.29, 0.717) is 36.6 Å². The predicted molar refractivity (Wildman–Crippen MR) is 50.2 cm³/mol. The van der Waals surface area contributed by atoms with E-state index >= 15 is 0 Å². The zero-order chi connectivity index (χ0) is 9.69. The maximum absolute atomic E-state index is 11.5. The van der Waals surface area contributed by atoms with Crippen molar-refractivity contribution in [2.24, 2.45) is 17.3 Å².